The molecule has 17 heavy (non-hydrogen) atoms. The smallest absolute Gasteiger partial charge is 0.228 e. The van der Waals surface area contributed by atoms with Crippen LogP contribution in [0.15, 0.2) is 12.3 Å². The number of hydrogen-bond donors (Lipinski definition) is 1. The van der Waals surface area contributed by atoms with E-state index in [9.17, 15) is 4.79 Å². The van der Waals surface area contributed by atoms with Crippen molar-refractivity contribution in [1.82, 2.24) is 9.97 Å². The maximum Gasteiger partial charge on any atom is 0.228 e. The molecule has 1 N–H and O–H groups in total. The minimum absolute atomic E-state index is 0.0288. The van der Waals surface area contributed by atoms with Gasteiger partial charge in [-0.05, 0) is 36.9 Å². The quantitative estimate of drug-likeness (QED) is 0.840. The number of rotatable bonds is 3. The van der Waals surface area contributed by atoms with Gasteiger partial charge in [0.15, 0.2) is 0 Å². The standard InChI is InChI=1S/C11H14ClN3O2/c12-11-13-5-4-9(15-11)14-10(16)7-8-3-1-2-6-17-8/h4-5,8H,1-3,6-7H2,(H,13,14,15,16). The fraction of sp³-hybridized carbons (Fsp3) is 0.545. The lowest BCUT2D eigenvalue weighted by molar-refractivity contribution is -0.119. The first kappa shape index (κ1) is 12.3. The van der Waals surface area contributed by atoms with Crippen molar-refractivity contribution in [3.63, 3.8) is 0 Å². The van der Waals surface area contributed by atoms with E-state index in [0.29, 0.717) is 12.2 Å². The zero-order chi connectivity index (χ0) is 12.1. The Morgan fingerprint density at radius 1 is 1.59 bits per heavy atom. The van der Waals surface area contributed by atoms with Gasteiger partial charge < -0.3 is 10.1 Å². The van der Waals surface area contributed by atoms with E-state index in [1.54, 1.807) is 6.07 Å². The molecule has 1 aromatic heterocycles. The van der Waals surface area contributed by atoms with Crippen LogP contribution >= 0.6 is 11.6 Å². The molecule has 2 rings (SSSR count). The van der Waals surface area contributed by atoms with Crippen molar-refractivity contribution in [3.05, 3.63) is 17.5 Å². The second-order valence-corrected chi connectivity index (χ2v) is 4.29. The van der Waals surface area contributed by atoms with Crippen LogP contribution in [0.2, 0.25) is 5.28 Å². The molecule has 0 radical (unpaired) electrons. The number of aromatic nitrogens is 2. The summed E-state index contributed by atoms with van der Waals surface area (Å²) in [6.45, 7) is 0.747. The molecule has 0 aliphatic carbocycles. The van der Waals surface area contributed by atoms with E-state index in [2.05, 4.69) is 15.3 Å². The van der Waals surface area contributed by atoms with Crippen LogP contribution in [0.1, 0.15) is 25.7 Å². The topological polar surface area (TPSA) is 64.1 Å². The summed E-state index contributed by atoms with van der Waals surface area (Å²) in [7, 11) is 0. The summed E-state index contributed by atoms with van der Waals surface area (Å²) in [5.41, 5.74) is 0. The Hall–Kier alpha value is -1.20. The van der Waals surface area contributed by atoms with Crippen molar-refractivity contribution >= 4 is 23.3 Å². The van der Waals surface area contributed by atoms with Gasteiger partial charge in [0.25, 0.3) is 0 Å². The molecule has 1 amide bonds. The summed E-state index contributed by atoms with van der Waals surface area (Å²) in [5, 5.41) is 2.80. The molecule has 1 aliphatic heterocycles. The molecule has 6 heteroatoms. The minimum Gasteiger partial charge on any atom is -0.378 e. The van der Waals surface area contributed by atoms with Crippen molar-refractivity contribution in [2.24, 2.45) is 0 Å². The van der Waals surface area contributed by atoms with Gasteiger partial charge in [-0.25, -0.2) is 9.97 Å². The number of ether oxygens (including phenoxy) is 1. The van der Waals surface area contributed by atoms with Crippen LogP contribution < -0.4 is 5.32 Å². The number of anilines is 1. The minimum atomic E-state index is -0.105. The van der Waals surface area contributed by atoms with Gasteiger partial charge in [0, 0.05) is 12.8 Å². The number of halogens is 1. The van der Waals surface area contributed by atoms with Crippen molar-refractivity contribution in [3.8, 4) is 0 Å². The normalized spacial score (nSPS) is 19.9. The van der Waals surface area contributed by atoms with Crippen LogP contribution in [0.5, 0.6) is 0 Å². The van der Waals surface area contributed by atoms with E-state index in [4.69, 9.17) is 16.3 Å². The number of carbonyl (C=O) groups excluding carboxylic acids is 1. The second-order valence-electron chi connectivity index (χ2n) is 3.95. The fourth-order valence-electron chi connectivity index (χ4n) is 1.77. The predicted octanol–water partition coefficient (Wildman–Crippen LogP) is 2.03. The molecule has 1 aliphatic rings. The van der Waals surface area contributed by atoms with Crippen molar-refractivity contribution in [2.45, 2.75) is 31.8 Å². The van der Waals surface area contributed by atoms with Crippen LogP contribution in [0, 0.1) is 0 Å². The van der Waals surface area contributed by atoms with Gasteiger partial charge in [0.1, 0.15) is 5.82 Å². The van der Waals surface area contributed by atoms with E-state index in [-0.39, 0.29) is 17.3 Å². The lowest BCUT2D eigenvalue weighted by Crippen LogP contribution is -2.25. The molecule has 1 unspecified atom stereocenters. The largest absolute Gasteiger partial charge is 0.378 e. The van der Waals surface area contributed by atoms with E-state index in [0.717, 1.165) is 25.9 Å². The second kappa shape index (κ2) is 5.93. The molecule has 0 bridgehead atoms. The number of carbonyl (C=O) groups is 1. The third-order valence-corrected chi connectivity index (χ3v) is 2.76. The fourth-order valence-corrected chi connectivity index (χ4v) is 1.92. The molecule has 1 atom stereocenters. The highest BCUT2D eigenvalue weighted by Crippen LogP contribution is 2.16. The van der Waals surface area contributed by atoms with Gasteiger partial charge in [0.05, 0.1) is 12.5 Å². The number of nitrogens with one attached hydrogen (secondary N) is 1. The summed E-state index contributed by atoms with van der Waals surface area (Å²) in [6.07, 6.45) is 5.04. The molecule has 1 aromatic rings. The number of hydrogen-bond acceptors (Lipinski definition) is 4. The Morgan fingerprint density at radius 3 is 3.18 bits per heavy atom. The van der Waals surface area contributed by atoms with Gasteiger partial charge >= 0.3 is 0 Å². The van der Waals surface area contributed by atoms with E-state index in [1.807, 2.05) is 0 Å². The Morgan fingerprint density at radius 2 is 2.47 bits per heavy atom. The molecular weight excluding hydrogens is 242 g/mol. The summed E-state index contributed by atoms with van der Waals surface area (Å²) in [5.74, 6) is 0.317. The highest BCUT2D eigenvalue weighted by Gasteiger charge is 2.17. The Kier molecular flexibility index (Phi) is 4.28. The number of nitrogens with zero attached hydrogens (tertiary/aromatic N) is 2. The summed E-state index contributed by atoms with van der Waals surface area (Å²) in [4.78, 5) is 19.3. The van der Waals surface area contributed by atoms with Gasteiger partial charge in [0.2, 0.25) is 11.2 Å². The summed E-state index contributed by atoms with van der Waals surface area (Å²) >= 11 is 5.62. The first-order valence-electron chi connectivity index (χ1n) is 5.64. The first-order chi connectivity index (χ1) is 8.24. The highest BCUT2D eigenvalue weighted by molar-refractivity contribution is 6.28. The Bertz CT molecular complexity index is 394. The van der Waals surface area contributed by atoms with Crippen LogP contribution in [0.25, 0.3) is 0 Å². The monoisotopic (exact) mass is 255 g/mol. The molecular formula is C11H14ClN3O2. The molecule has 5 nitrogen and oxygen atoms in total. The molecule has 0 spiro atoms. The Balaban J connectivity index is 1.84. The first-order valence-corrected chi connectivity index (χ1v) is 6.02. The maximum atomic E-state index is 11.7. The average Bonchev–Trinajstić information content (AvgIpc) is 2.30. The van der Waals surface area contributed by atoms with Gasteiger partial charge in [-0.1, -0.05) is 0 Å². The Labute approximate surface area is 105 Å². The maximum absolute atomic E-state index is 11.7. The number of amides is 1. The van der Waals surface area contributed by atoms with E-state index < -0.39 is 0 Å². The van der Waals surface area contributed by atoms with Crippen molar-refractivity contribution < 1.29 is 9.53 Å². The molecule has 2 heterocycles. The molecule has 1 fully saturated rings. The third kappa shape index (κ3) is 3.94. The molecule has 1 saturated heterocycles. The molecule has 0 aromatic carbocycles. The van der Waals surface area contributed by atoms with Gasteiger partial charge in [-0.15, -0.1) is 0 Å². The van der Waals surface area contributed by atoms with Gasteiger partial charge in [-0.2, -0.15) is 0 Å². The molecule has 0 saturated carbocycles. The lowest BCUT2D eigenvalue weighted by atomic mass is 10.1. The van der Waals surface area contributed by atoms with E-state index in [1.165, 1.54) is 6.20 Å². The summed E-state index contributed by atoms with van der Waals surface area (Å²) < 4.78 is 5.49. The van der Waals surface area contributed by atoms with Crippen molar-refractivity contribution in [1.29, 1.82) is 0 Å². The van der Waals surface area contributed by atoms with Crippen LogP contribution in [-0.4, -0.2) is 28.6 Å². The van der Waals surface area contributed by atoms with Gasteiger partial charge in [-0.3, -0.25) is 4.79 Å². The summed E-state index contributed by atoms with van der Waals surface area (Å²) in [6, 6.07) is 1.60. The van der Waals surface area contributed by atoms with Crippen LogP contribution in [0.3, 0.4) is 0 Å². The van der Waals surface area contributed by atoms with Crippen molar-refractivity contribution in [2.75, 3.05) is 11.9 Å². The molecule has 92 valence electrons. The van der Waals surface area contributed by atoms with E-state index >= 15 is 0 Å². The highest BCUT2D eigenvalue weighted by atomic mass is 35.5. The predicted molar refractivity (Wildman–Crippen MR) is 63.9 cm³/mol. The lowest BCUT2D eigenvalue weighted by Gasteiger charge is -2.21. The zero-order valence-electron chi connectivity index (χ0n) is 9.36. The third-order valence-electron chi connectivity index (χ3n) is 2.58. The SMILES string of the molecule is O=C(CC1CCCCO1)Nc1ccnc(Cl)n1. The zero-order valence-corrected chi connectivity index (χ0v) is 10.1. The van der Waals surface area contributed by atoms with Crippen LogP contribution in [-0.2, 0) is 9.53 Å². The van der Waals surface area contributed by atoms with Crippen LogP contribution in [0.4, 0.5) is 5.82 Å². The average molecular weight is 256 g/mol.